The van der Waals surface area contributed by atoms with Gasteiger partial charge in [-0.1, -0.05) is 137 Å². The largest absolute Gasteiger partial charge is 0.135 e. The molecule has 12 rings (SSSR count). The van der Waals surface area contributed by atoms with E-state index in [4.69, 9.17) is 0 Å². The Morgan fingerprint density at radius 3 is 1.22 bits per heavy atom. The summed E-state index contributed by atoms with van der Waals surface area (Å²) in [5.74, 6) is 0. The molecule has 0 radical (unpaired) electrons. The summed E-state index contributed by atoms with van der Waals surface area (Å²) in [5.41, 5.74) is 16.2. The molecule has 256 valence electrons. The van der Waals surface area contributed by atoms with Crippen molar-refractivity contribution in [2.24, 2.45) is 0 Å². The van der Waals surface area contributed by atoms with Crippen molar-refractivity contribution in [3.8, 4) is 44.5 Å². The summed E-state index contributed by atoms with van der Waals surface area (Å²) in [7, 11) is 0. The number of benzene rings is 8. The van der Waals surface area contributed by atoms with Crippen LogP contribution < -0.4 is 0 Å². The van der Waals surface area contributed by atoms with Gasteiger partial charge >= 0.3 is 0 Å². The molecular formula is C52H36S2. The second kappa shape index (κ2) is 10.6. The molecule has 0 N–H and O–H groups in total. The van der Waals surface area contributed by atoms with Gasteiger partial charge < -0.3 is 0 Å². The molecule has 2 aliphatic rings. The molecule has 2 heterocycles. The zero-order valence-electron chi connectivity index (χ0n) is 30.7. The minimum atomic E-state index is -0.114. The van der Waals surface area contributed by atoms with E-state index >= 15 is 0 Å². The molecule has 54 heavy (non-hydrogen) atoms. The second-order valence-corrected chi connectivity index (χ2v) is 18.6. The lowest BCUT2D eigenvalue weighted by molar-refractivity contribution is 0.660. The van der Waals surface area contributed by atoms with Crippen LogP contribution in [0.3, 0.4) is 0 Å². The molecule has 2 aromatic heterocycles. The summed E-state index contributed by atoms with van der Waals surface area (Å²) < 4.78 is 5.40. The number of rotatable bonds is 2. The maximum atomic E-state index is 2.49. The van der Waals surface area contributed by atoms with Crippen LogP contribution in [-0.2, 0) is 10.8 Å². The van der Waals surface area contributed by atoms with Crippen LogP contribution in [-0.4, -0.2) is 0 Å². The lowest BCUT2D eigenvalue weighted by Gasteiger charge is -2.23. The summed E-state index contributed by atoms with van der Waals surface area (Å²) in [5, 5.41) is 8.17. The third kappa shape index (κ3) is 3.92. The van der Waals surface area contributed by atoms with Crippen LogP contribution in [0.5, 0.6) is 0 Å². The van der Waals surface area contributed by atoms with Crippen molar-refractivity contribution in [1.82, 2.24) is 0 Å². The highest BCUT2D eigenvalue weighted by Gasteiger charge is 2.40. The van der Waals surface area contributed by atoms with Gasteiger partial charge in [0.25, 0.3) is 0 Å². The van der Waals surface area contributed by atoms with Crippen molar-refractivity contribution in [3.05, 3.63) is 168 Å². The first-order chi connectivity index (χ1) is 26.3. The molecule has 10 aromatic rings. The number of hydrogen-bond acceptors (Lipinski definition) is 2. The van der Waals surface area contributed by atoms with E-state index in [0.29, 0.717) is 0 Å². The van der Waals surface area contributed by atoms with E-state index in [2.05, 4.69) is 173 Å². The van der Waals surface area contributed by atoms with Crippen LogP contribution in [0.25, 0.3) is 95.6 Å². The smallest absolute Gasteiger partial charge is 0.0361 e. The predicted molar refractivity (Wildman–Crippen MR) is 236 cm³/mol. The number of hydrogen-bond donors (Lipinski definition) is 0. The van der Waals surface area contributed by atoms with Gasteiger partial charge in [-0.3, -0.25) is 0 Å². The summed E-state index contributed by atoms with van der Waals surface area (Å²) in [6, 6.07) is 55.6. The van der Waals surface area contributed by atoms with Crippen LogP contribution in [0.1, 0.15) is 49.9 Å². The molecule has 0 atom stereocenters. The van der Waals surface area contributed by atoms with Gasteiger partial charge in [-0.25, -0.2) is 0 Å². The molecule has 0 saturated heterocycles. The summed E-state index contributed by atoms with van der Waals surface area (Å²) in [6.45, 7) is 9.66. The molecule has 0 spiro atoms. The molecule has 0 nitrogen and oxygen atoms in total. The Morgan fingerprint density at radius 2 is 0.759 bits per heavy atom. The van der Waals surface area contributed by atoms with Crippen molar-refractivity contribution >= 4 is 73.8 Å². The lowest BCUT2D eigenvalue weighted by Crippen LogP contribution is -2.15. The maximum absolute atomic E-state index is 2.49. The third-order valence-electron chi connectivity index (χ3n) is 12.9. The zero-order valence-corrected chi connectivity index (χ0v) is 32.3. The fraction of sp³-hybridized carbons (Fsp3) is 0.115. The average Bonchev–Trinajstić information content (AvgIpc) is 3.90. The van der Waals surface area contributed by atoms with Gasteiger partial charge in [-0.15, -0.1) is 22.7 Å². The first kappa shape index (κ1) is 30.9. The van der Waals surface area contributed by atoms with Gasteiger partial charge in [0.2, 0.25) is 0 Å². The lowest BCUT2D eigenvalue weighted by atomic mass is 9.80. The maximum Gasteiger partial charge on any atom is 0.0361 e. The monoisotopic (exact) mass is 724 g/mol. The summed E-state index contributed by atoms with van der Waals surface area (Å²) >= 11 is 3.78. The normalized spacial score (nSPS) is 15.0. The van der Waals surface area contributed by atoms with E-state index in [1.54, 1.807) is 0 Å². The number of thiophene rings is 2. The third-order valence-corrected chi connectivity index (χ3v) is 15.2. The predicted octanol–water partition coefficient (Wildman–Crippen LogP) is 15.5. The van der Waals surface area contributed by atoms with Gasteiger partial charge in [0.05, 0.1) is 0 Å². The standard InChI is InChI=1S/C52H36S2/c1-51(2)39-25-23-34-33(47(39)35-21-19-29(27-41(35)51)31-13-9-17-45-49(31)37-11-5-7-15-43(37)53-45)24-26-40-48(34)36-22-20-30(28-42(36)52(40,3)4)32-14-10-18-46-50(32)38-12-6-8-16-44(38)54-46/h5-28H,1-4H3. The number of fused-ring (bicyclic) bond motifs is 15. The Bertz CT molecular complexity index is 3050. The molecular weight excluding hydrogens is 689 g/mol. The van der Waals surface area contributed by atoms with Gasteiger partial charge in [0, 0.05) is 51.2 Å². The first-order valence-corrected chi connectivity index (χ1v) is 20.6. The van der Waals surface area contributed by atoms with Gasteiger partial charge in [-0.05, 0) is 114 Å². The van der Waals surface area contributed by atoms with Crippen LogP contribution in [0, 0.1) is 0 Å². The Labute approximate surface area is 323 Å². The van der Waals surface area contributed by atoms with Crippen molar-refractivity contribution in [1.29, 1.82) is 0 Å². The minimum absolute atomic E-state index is 0.114. The highest BCUT2D eigenvalue weighted by atomic mass is 32.1. The van der Waals surface area contributed by atoms with Crippen LogP contribution in [0.2, 0.25) is 0 Å². The summed E-state index contributed by atoms with van der Waals surface area (Å²) in [4.78, 5) is 0. The SMILES string of the molecule is CC1(C)c2cc(-c3cccc4sc5ccccc5c34)ccc2-c2c1ccc1c3c(ccc21)C(C)(C)c1cc(-c2cccc4sc5ccccc5c24)ccc1-3. The fourth-order valence-electron chi connectivity index (χ4n) is 10.2. The Kier molecular flexibility index (Phi) is 6.04. The Hall–Kier alpha value is -5.54. The average molecular weight is 725 g/mol. The Morgan fingerprint density at radius 1 is 0.333 bits per heavy atom. The molecule has 0 saturated carbocycles. The molecule has 8 aromatic carbocycles. The van der Waals surface area contributed by atoms with Gasteiger partial charge in [0.15, 0.2) is 0 Å². The second-order valence-electron chi connectivity index (χ2n) is 16.4. The van der Waals surface area contributed by atoms with Gasteiger partial charge in [-0.2, -0.15) is 0 Å². The molecule has 0 amide bonds. The van der Waals surface area contributed by atoms with E-state index in [1.807, 2.05) is 22.7 Å². The topological polar surface area (TPSA) is 0 Å². The molecule has 0 aliphatic heterocycles. The van der Waals surface area contributed by atoms with Crippen molar-refractivity contribution < 1.29 is 0 Å². The first-order valence-electron chi connectivity index (χ1n) is 19.0. The summed E-state index contributed by atoms with van der Waals surface area (Å²) in [6.07, 6.45) is 0. The van der Waals surface area contributed by atoms with E-state index in [-0.39, 0.29) is 10.8 Å². The van der Waals surface area contributed by atoms with Crippen LogP contribution in [0.15, 0.2) is 146 Å². The quantitative estimate of drug-likeness (QED) is 0.167. The highest BCUT2D eigenvalue weighted by Crippen LogP contribution is 2.57. The highest BCUT2D eigenvalue weighted by molar-refractivity contribution is 7.26. The van der Waals surface area contributed by atoms with Crippen molar-refractivity contribution in [2.45, 2.75) is 38.5 Å². The van der Waals surface area contributed by atoms with Crippen molar-refractivity contribution in [3.63, 3.8) is 0 Å². The van der Waals surface area contributed by atoms with Gasteiger partial charge in [0.1, 0.15) is 0 Å². The molecule has 0 fully saturated rings. The van der Waals surface area contributed by atoms with E-state index in [9.17, 15) is 0 Å². The minimum Gasteiger partial charge on any atom is -0.135 e. The fourth-order valence-corrected chi connectivity index (χ4v) is 12.5. The van der Waals surface area contributed by atoms with Crippen LogP contribution >= 0.6 is 22.7 Å². The van der Waals surface area contributed by atoms with E-state index in [0.717, 1.165) is 0 Å². The zero-order chi connectivity index (χ0) is 36.1. The molecule has 2 aliphatic carbocycles. The van der Waals surface area contributed by atoms with E-state index in [1.165, 1.54) is 118 Å². The molecule has 0 unspecified atom stereocenters. The molecule has 0 bridgehead atoms. The van der Waals surface area contributed by atoms with Crippen LogP contribution in [0.4, 0.5) is 0 Å². The van der Waals surface area contributed by atoms with E-state index < -0.39 is 0 Å². The van der Waals surface area contributed by atoms with Crippen molar-refractivity contribution in [2.75, 3.05) is 0 Å². The molecule has 2 heteroatoms. The Balaban J connectivity index is 1.03.